The molecule has 7 heteroatoms. The summed E-state index contributed by atoms with van der Waals surface area (Å²) in [4.78, 5) is 12.1. The van der Waals surface area contributed by atoms with Gasteiger partial charge in [0.2, 0.25) is 0 Å². The fourth-order valence-corrected chi connectivity index (χ4v) is 0.826. The van der Waals surface area contributed by atoms with E-state index < -0.39 is 18.8 Å². The molecule has 0 saturated heterocycles. The molecule has 3 N–H and O–H groups in total. The first-order chi connectivity index (χ1) is 6.22. The molecule has 2 amide bonds. The lowest BCUT2D eigenvalue weighted by Gasteiger charge is -2.20. The third-order valence-corrected chi connectivity index (χ3v) is 1.35. The van der Waals surface area contributed by atoms with Gasteiger partial charge in [-0.2, -0.15) is 13.2 Å². The number of nitrogens with one attached hydrogen (secondary N) is 1. The van der Waals surface area contributed by atoms with E-state index in [0.717, 1.165) is 4.90 Å². The molecule has 0 aliphatic heterocycles. The van der Waals surface area contributed by atoms with Gasteiger partial charge in [-0.3, -0.25) is 0 Å². The minimum absolute atomic E-state index is 0.212. The molecule has 0 fully saturated rings. The highest BCUT2D eigenvalue weighted by molar-refractivity contribution is 5.73. The average Bonchev–Trinajstić information content (AvgIpc) is 1.97. The third kappa shape index (κ3) is 6.53. The van der Waals surface area contributed by atoms with Gasteiger partial charge in [-0.05, 0) is 6.92 Å². The molecule has 0 aromatic rings. The van der Waals surface area contributed by atoms with Crippen LogP contribution in [0.25, 0.3) is 0 Å². The van der Waals surface area contributed by atoms with E-state index in [0.29, 0.717) is 0 Å². The van der Waals surface area contributed by atoms with Crippen molar-refractivity contribution < 1.29 is 18.0 Å². The van der Waals surface area contributed by atoms with E-state index in [-0.39, 0.29) is 12.6 Å². The summed E-state index contributed by atoms with van der Waals surface area (Å²) in [6, 6.07) is -1.05. The molecule has 0 saturated carbocycles. The molecule has 4 nitrogen and oxygen atoms in total. The number of urea groups is 1. The number of nitrogens with two attached hydrogens (primary N) is 1. The van der Waals surface area contributed by atoms with Gasteiger partial charge in [0.25, 0.3) is 0 Å². The predicted molar refractivity (Wildman–Crippen MR) is 45.7 cm³/mol. The summed E-state index contributed by atoms with van der Waals surface area (Å²) in [7, 11) is 1.38. The Labute approximate surface area is 80.2 Å². The Hall–Kier alpha value is -0.980. The van der Waals surface area contributed by atoms with Gasteiger partial charge in [-0.25, -0.2) is 4.79 Å². The molecule has 1 atom stereocenters. The lowest BCUT2D eigenvalue weighted by Crippen LogP contribution is -2.45. The standard InChI is InChI=1S/C7H14F3N3O/c1-5(11)3-13(2)6(14)12-4-7(8,9)10/h5H,3-4,11H2,1-2H3,(H,12,14). The van der Waals surface area contributed by atoms with E-state index in [2.05, 4.69) is 0 Å². The Balaban J connectivity index is 3.85. The van der Waals surface area contributed by atoms with Crippen LogP contribution in [-0.2, 0) is 0 Å². The van der Waals surface area contributed by atoms with E-state index in [1.54, 1.807) is 12.2 Å². The number of hydrogen-bond donors (Lipinski definition) is 2. The maximum atomic E-state index is 11.7. The smallest absolute Gasteiger partial charge is 0.329 e. The van der Waals surface area contributed by atoms with Crippen LogP contribution in [0.3, 0.4) is 0 Å². The fraction of sp³-hybridized carbons (Fsp3) is 0.857. The lowest BCUT2D eigenvalue weighted by atomic mass is 10.3. The van der Waals surface area contributed by atoms with Crippen molar-refractivity contribution in [1.29, 1.82) is 0 Å². The number of likely N-dealkylation sites (N-methyl/N-ethyl adjacent to an activating group) is 1. The SMILES string of the molecule is CC(N)CN(C)C(=O)NCC(F)(F)F. The van der Waals surface area contributed by atoms with Crippen LogP contribution < -0.4 is 11.1 Å². The summed E-state index contributed by atoms with van der Waals surface area (Å²) in [6.07, 6.45) is -4.38. The van der Waals surface area contributed by atoms with Crippen molar-refractivity contribution in [3.8, 4) is 0 Å². The average molecular weight is 213 g/mol. The summed E-state index contributed by atoms with van der Waals surface area (Å²) in [5.41, 5.74) is 5.37. The van der Waals surface area contributed by atoms with Crippen molar-refractivity contribution in [1.82, 2.24) is 10.2 Å². The predicted octanol–water partition coefficient (Wildman–Crippen LogP) is 0.537. The first-order valence-electron chi connectivity index (χ1n) is 4.03. The van der Waals surface area contributed by atoms with Crippen LogP contribution in [-0.4, -0.2) is 43.3 Å². The fourth-order valence-electron chi connectivity index (χ4n) is 0.826. The van der Waals surface area contributed by atoms with E-state index in [1.165, 1.54) is 7.05 Å². The first kappa shape index (κ1) is 13.0. The van der Waals surface area contributed by atoms with Crippen LogP contribution in [0.1, 0.15) is 6.92 Å². The van der Waals surface area contributed by atoms with Gasteiger partial charge in [-0.15, -0.1) is 0 Å². The number of alkyl halides is 3. The van der Waals surface area contributed by atoms with Gasteiger partial charge in [0.05, 0.1) is 0 Å². The van der Waals surface area contributed by atoms with Gasteiger partial charge in [-0.1, -0.05) is 0 Å². The number of halogens is 3. The third-order valence-electron chi connectivity index (χ3n) is 1.35. The molecule has 0 aliphatic carbocycles. The largest absolute Gasteiger partial charge is 0.405 e. The van der Waals surface area contributed by atoms with Gasteiger partial charge in [0, 0.05) is 19.6 Å². The van der Waals surface area contributed by atoms with Crippen LogP contribution in [0.4, 0.5) is 18.0 Å². The minimum atomic E-state index is -4.38. The highest BCUT2D eigenvalue weighted by Crippen LogP contribution is 2.12. The van der Waals surface area contributed by atoms with Crippen LogP contribution in [0.5, 0.6) is 0 Å². The van der Waals surface area contributed by atoms with Gasteiger partial charge in [0.15, 0.2) is 0 Å². The molecular formula is C7H14F3N3O. The van der Waals surface area contributed by atoms with Crippen LogP contribution in [0, 0.1) is 0 Å². The van der Waals surface area contributed by atoms with E-state index in [9.17, 15) is 18.0 Å². The molecule has 0 bridgehead atoms. The van der Waals surface area contributed by atoms with Crippen LogP contribution in [0.2, 0.25) is 0 Å². The summed E-state index contributed by atoms with van der Waals surface area (Å²) in [5, 5.41) is 1.73. The van der Waals surface area contributed by atoms with Crippen LogP contribution >= 0.6 is 0 Å². The Bertz CT molecular complexity index is 193. The van der Waals surface area contributed by atoms with E-state index in [1.807, 2.05) is 0 Å². The second kappa shape index (κ2) is 5.04. The summed E-state index contributed by atoms with van der Waals surface area (Å²) < 4.78 is 35.1. The molecule has 14 heavy (non-hydrogen) atoms. The Kier molecular flexibility index (Phi) is 4.69. The summed E-state index contributed by atoms with van der Waals surface area (Å²) in [6.45, 7) is 0.548. The Morgan fingerprint density at radius 2 is 2.07 bits per heavy atom. The van der Waals surface area contributed by atoms with Gasteiger partial charge in [0.1, 0.15) is 6.54 Å². The number of amides is 2. The zero-order chi connectivity index (χ0) is 11.4. The second-order valence-electron chi connectivity index (χ2n) is 3.13. The molecule has 0 rings (SSSR count). The number of nitrogens with zero attached hydrogens (tertiary/aromatic N) is 1. The molecule has 0 heterocycles. The molecule has 0 aromatic carbocycles. The topological polar surface area (TPSA) is 58.4 Å². The molecule has 1 unspecified atom stereocenters. The van der Waals surface area contributed by atoms with Crippen molar-refractivity contribution in [2.75, 3.05) is 20.1 Å². The van der Waals surface area contributed by atoms with Crippen molar-refractivity contribution in [2.45, 2.75) is 19.1 Å². The Morgan fingerprint density at radius 1 is 1.57 bits per heavy atom. The van der Waals surface area contributed by atoms with Crippen molar-refractivity contribution >= 4 is 6.03 Å². The molecule has 0 radical (unpaired) electrons. The van der Waals surface area contributed by atoms with Gasteiger partial charge < -0.3 is 16.0 Å². The zero-order valence-corrected chi connectivity index (χ0v) is 8.06. The van der Waals surface area contributed by atoms with Gasteiger partial charge >= 0.3 is 12.2 Å². The minimum Gasteiger partial charge on any atom is -0.329 e. The molecule has 0 aliphatic rings. The normalized spacial score (nSPS) is 13.6. The maximum Gasteiger partial charge on any atom is 0.405 e. The van der Waals surface area contributed by atoms with Crippen LogP contribution in [0.15, 0.2) is 0 Å². The van der Waals surface area contributed by atoms with Crippen molar-refractivity contribution in [3.63, 3.8) is 0 Å². The second-order valence-corrected chi connectivity index (χ2v) is 3.13. The molecule has 84 valence electrons. The lowest BCUT2D eigenvalue weighted by molar-refractivity contribution is -0.123. The van der Waals surface area contributed by atoms with E-state index in [4.69, 9.17) is 5.73 Å². The summed E-state index contributed by atoms with van der Waals surface area (Å²) >= 11 is 0. The first-order valence-corrected chi connectivity index (χ1v) is 4.03. The monoisotopic (exact) mass is 213 g/mol. The number of hydrogen-bond acceptors (Lipinski definition) is 2. The number of carbonyl (C=O) groups is 1. The summed E-state index contributed by atoms with van der Waals surface area (Å²) in [5.74, 6) is 0. The highest BCUT2D eigenvalue weighted by atomic mass is 19.4. The molecule has 0 aromatic heterocycles. The number of rotatable bonds is 3. The maximum absolute atomic E-state index is 11.7. The zero-order valence-electron chi connectivity index (χ0n) is 8.06. The molecular weight excluding hydrogens is 199 g/mol. The van der Waals surface area contributed by atoms with Crippen molar-refractivity contribution in [3.05, 3.63) is 0 Å². The number of carbonyl (C=O) groups excluding carboxylic acids is 1. The van der Waals surface area contributed by atoms with E-state index >= 15 is 0 Å². The highest BCUT2D eigenvalue weighted by Gasteiger charge is 2.28. The quantitative estimate of drug-likeness (QED) is 0.718. The Morgan fingerprint density at radius 3 is 2.43 bits per heavy atom. The molecule has 0 spiro atoms. The van der Waals surface area contributed by atoms with Crippen molar-refractivity contribution in [2.24, 2.45) is 5.73 Å².